The average Bonchev–Trinajstić information content (AvgIpc) is 1.56. The normalized spacial score (nSPS) is 13.0. The minimum atomic E-state index is -0.137. The van der Waals surface area contributed by atoms with E-state index in [1.807, 2.05) is 0 Å². The van der Waals surface area contributed by atoms with Crippen LogP contribution in [0.3, 0.4) is 0 Å². The summed E-state index contributed by atoms with van der Waals surface area (Å²) < 4.78 is 5.46. The van der Waals surface area contributed by atoms with Crippen LogP contribution in [0.5, 0.6) is 0 Å². The minimum Gasteiger partial charge on any atom is -0.310 e. The third kappa shape index (κ3) is 6.99. The number of fused-ring (bicyclic) bond motifs is 24. The van der Waals surface area contributed by atoms with Gasteiger partial charge in [-0.15, -0.1) is 0 Å². The lowest BCUT2D eigenvalue weighted by Gasteiger charge is -2.35. The first kappa shape index (κ1) is 50.7. The Kier molecular flexibility index (Phi) is 10.3. The molecule has 418 valence electrons. The molecule has 17 aromatic rings. The van der Waals surface area contributed by atoms with Gasteiger partial charge in [0.05, 0.1) is 16.6 Å². The Bertz CT molecular complexity index is 5870. The van der Waals surface area contributed by atoms with Gasteiger partial charge in [0.1, 0.15) is 0 Å². The fourth-order valence-electron chi connectivity index (χ4n) is 16.5. The van der Waals surface area contributed by atoms with Crippen molar-refractivity contribution in [2.45, 2.75) is 52.4 Å². The van der Waals surface area contributed by atoms with Crippen LogP contribution in [0.15, 0.2) is 261 Å². The van der Waals surface area contributed by atoms with Gasteiger partial charge in [0, 0.05) is 49.2 Å². The van der Waals surface area contributed by atoms with E-state index < -0.39 is 0 Å². The van der Waals surface area contributed by atoms with Gasteiger partial charge in [-0.25, -0.2) is 0 Å². The zero-order chi connectivity index (χ0) is 59.3. The monoisotopic (exact) mass is 1130 g/mol. The molecular weight excluding hydrogens is 1070 g/mol. The largest absolute Gasteiger partial charge is 0.310 e. The van der Waals surface area contributed by atoms with E-state index in [1.165, 1.54) is 192 Å². The van der Waals surface area contributed by atoms with E-state index in [9.17, 15) is 0 Å². The molecule has 0 radical (unpaired) electrons. The van der Waals surface area contributed by atoms with Gasteiger partial charge in [0.25, 0.3) is 6.71 Å². The number of rotatable bonds is 4. The molecule has 0 bridgehead atoms. The first-order valence-corrected chi connectivity index (χ1v) is 31.7. The highest BCUT2D eigenvalue weighted by Gasteiger charge is 2.43. The molecule has 0 spiro atoms. The summed E-state index contributed by atoms with van der Waals surface area (Å²) in [5, 5.41) is 20.7. The predicted molar refractivity (Wildman–Crippen MR) is 384 cm³/mol. The van der Waals surface area contributed by atoms with Crippen molar-refractivity contribution in [3.05, 3.63) is 272 Å². The van der Waals surface area contributed by atoms with Crippen molar-refractivity contribution in [3.63, 3.8) is 0 Å². The lowest BCUT2D eigenvalue weighted by Crippen LogP contribution is -2.59. The highest BCUT2D eigenvalue weighted by molar-refractivity contribution is 7.00. The van der Waals surface area contributed by atoms with Gasteiger partial charge >= 0.3 is 0 Å². The van der Waals surface area contributed by atoms with Gasteiger partial charge in [-0.2, -0.15) is 0 Å². The molecule has 19 rings (SSSR count). The third-order valence-corrected chi connectivity index (χ3v) is 20.5. The summed E-state index contributed by atoms with van der Waals surface area (Å²) in [6, 6.07) is 100. The summed E-state index contributed by atoms with van der Waals surface area (Å²) >= 11 is 0. The lowest BCUT2D eigenvalue weighted by atomic mass is 9.34. The fourth-order valence-corrected chi connectivity index (χ4v) is 16.5. The molecule has 0 saturated carbocycles. The van der Waals surface area contributed by atoms with Crippen LogP contribution in [0.25, 0.3) is 164 Å². The lowest BCUT2D eigenvalue weighted by molar-refractivity contribution is 0.590. The van der Waals surface area contributed by atoms with Crippen LogP contribution in [-0.2, 0) is 10.8 Å². The van der Waals surface area contributed by atoms with Crippen LogP contribution in [0.2, 0.25) is 0 Å². The second-order valence-corrected chi connectivity index (χ2v) is 27.4. The van der Waals surface area contributed by atoms with Crippen molar-refractivity contribution >= 4 is 131 Å². The zero-order valence-corrected chi connectivity index (χ0v) is 50.8. The molecule has 2 aliphatic rings. The molecule has 0 aliphatic carbocycles. The predicted octanol–water partition coefficient (Wildman–Crippen LogP) is 21.2. The Hall–Kier alpha value is -10.5. The molecule has 89 heavy (non-hydrogen) atoms. The van der Waals surface area contributed by atoms with E-state index >= 15 is 0 Å². The zero-order valence-electron chi connectivity index (χ0n) is 50.8. The van der Waals surface area contributed by atoms with Gasteiger partial charge < -0.3 is 9.13 Å². The van der Waals surface area contributed by atoms with Crippen molar-refractivity contribution in [2.75, 3.05) is 0 Å². The van der Waals surface area contributed by atoms with Crippen molar-refractivity contribution in [2.24, 2.45) is 0 Å². The van der Waals surface area contributed by atoms with Crippen LogP contribution >= 0.6 is 0 Å². The van der Waals surface area contributed by atoms with E-state index in [0.717, 1.165) is 0 Å². The Morgan fingerprint density at radius 2 is 0.697 bits per heavy atom. The molecule has 0 unspecified atom stereocenters. The van der Waals surface area contributed by atoms with E-state index in [1.54, 1.807) is 0 Å². The standard InChI is InChI=1S/C86H61BN2/c1-85(2,3)55-38-40-73-68(46-55)70-47-56(86(4,5)6)48-71-83(70)88(73)75-44-54(77-66(51-26-12-8-13-27-51)42-53(50-24-10-7-11-25-50)43-67(77)52-28-14-9-15-29-52)45-76-82(75)87(71)72-49-69-62-35-19-17-31-58(62)60-33-21-23-37-64(60)79(69)81-80-74(89(76)84(72)81)41-39-65-61-34-18-16-30-57(61)59-32-20-22-36-63(59)78(65)80/h7-49H,1-6H3. The summed E-state index contributed by atoms with van der Waals surface area (Å²) in [6.45, 7) is 14.1. The molecule has 0 amide bonds. The van der Waals surface area contributed by atoms with Crippen LogP contribution in [0.4, 0.5) is 0 Å². The van der Waals surface area contributed by atoms with Gasteiger partial charge in [-0.1, -0.05) is 254 Å². The van der Waals surface area contributed by atoms with Gasteiger partial charge in [0.2, 0.25) is 0 Å². The molecule has 0 atom stereocenters. The molecule has 15 aromatic carbocycles. The summed E-state index contributed by atoms with van der Waals surface area (Å²) in [5.41, 5.74) is 23.6. The maximum Gasteiger partial charge on any atom is 0.252 e. The van der Waals surface area contributed by atoms with Crippen molar-refractivity contribution < 1.29 is 0 Å². The molecule has 3 heteroatoms. The Morgan fingerprint density at radius 3 is 1.24 bits per heavy atom. The van der Waals surface area contributed by atoms with Gasteiger partial charge in [-0.3, -0.25) is 0 Å². The molecule has 4 heterocycles. The second kappa shape index (κ2) is 18.1. The van der Waals surface area contributed by atoms with Crippen molar-refractivity contribution in [1.29, 1.82) is 0 Å². The summed E-state index contributed by atoms with van der Waals surface area (Å²) in [7, 11) is 0. The van der Waals surface area contributed by atoms with Crippen LogP contribution in [0, 0.1) is 0 Å². The molecule has 2 nitrogen and oxygen atoms in total. The summed E-state index contributed by atoms with van der Waals surface area (Å²) in [6.07, 6.45) is 0. The maximum atomic E-state index is 2.76. The average molecular weight is 1130 g/mol. The Labute approximate surface area is 517 Å². The first-order chi connectivity index (χ1) is 43.5. The van der Waals surface area contributed by atoms with E-state index in [4.69, 9.17) is 0 Å². The SMILES string of the molecule is CC(C)(C)c1ccc2c(c1)c1cc(C(C)(C)C)cc3c1n2-c1cc(-c2c(-c4ccccc4)cc(-c4ccccc4)cc2-c2ccccc2)cc2c1B3c1cc3c4ccccc4c4ccccc4c3c3c4c5c6ccccc6c6ccccc6c5ccc4n-2c13. The van der Waals surface area contributed by atoms with Gasteiger partial charge in [0.15, 0.2) is 0 Å². The Morgan fingerprint density at radius 1 is 0.270 bits per heavy atom. The first-order valence-electron chi connectivity index (χ1n) is 31.7. The minimum absolute atomic E-state index is 0.0550. The maximum absolute atomic E-state index is 2.76. The number of hydrogen-bond acceptors (Lipinski definition) is 0. The van der Waals surface area contributed by atoms with E-state index in [2.05, 4.69) is 312 Å². The molecular formula is C86H61BN2. The third-order valence-electron chi connectivity index (χ3n) is 20.5. The topological polar surface area (TPSA) is 9.86 Å². The fraction of sp³-hybridized carbons (Fsp3) is 0.0930. The smallest absolute Gasteiger partial charge is 0.252 e. The quantitative estimate of drug-likeness (QED) is 0.123. The molecule has 0 N–H and O–H groups in total. The highest BCUT2D eigenvalue weighted by Crippen LogP contribution is 2.52. The van der Waals surface area contributed by atoms with Crippen molar-refractivity contribution in [3.8, 4) is 55.9 Å². The summed E-state index contributed by atoms with van der Waals surface area (Å²) in [5.74, 6) is 0. The van der Waals surface area contributed by atoms with Gasteiger partial charge in [-0.05, 0) is 185 Å². The number of hydrogen-bond donors (Lipinski definition) is 0. The molecule has 0 saturated heterocycles. The second-order valence-electron chi connectivity index (χ2n) is 27.4. The van der Waals surface area contributed by atoms with Crippen LogP contribution in [-0.4, -0.2) is 15.8 Å². The van der Waals surface area contributed by atoms with E-state index in [-0.39, 0.29) is 17.5 Å². The molecule has 0 fully saturated rings. The summed E-state index contributed by atoms with van der Waals surface area (Å²) in [4.78, 5) is 0. The Balaban J connectivity index is 1.08. The van der Waals surface area contributed by atoms with Crippen LogP contribution < -0.4 is 16.4 Å². The molecule has 2 aromatic heterocycles. The number of benzene rings is 15. The highest BCUT2D eigenvalue weighted by atomic mass is 15.0. The van der Waals surface area contributed by atoms with Crippen molar-refractivity contribution in [1.82, 2.24) is 9.13 Å². The molecule has 2 aliphatic heterocycles. The number of aromatic nitrogens is 2. The van der Waals surface area contributed by atoms with E-state index in [0.29, 0.717) is 0 Å². The van der Waals surface area contributed by atoms with Crippen LogP contribution in [0.1, 0.15) is 52.7 Å². The number of nitrogens with zero attached hydrogens (tertiary/aromatic N) is 2.